The number of rotatable bonds is 3. The smallest absolute Gasteiger partial charge is 0.342 e. The lowest BCUT2D eigenvalue weighted by atomic mass is 10.6. The number of hydrogen-bond donors (Lipinski definition) is 2. The number of nitrogens with one attached hydrogen (secondary N) is 1. The predicted octanol–water partition coefficient (Wildman–Crippen LogP) is -0.670. The van der Waals surface area contributed by atoms with Crippen molar-refractivity contribution in [1.29, 1.82) is 0 Å². The van der Waals surface area contributed by atoms with E-state index < -0.39 is 11.0 Å². The van der Waals surface area contributed by atoms with Crippen molar-refractivity contribution < 1.29 is 9.72 Å². The first kappa shape index (κ1) is 10.6. The molecule has 1 aromatic rings. The Morgan fingerprint density at radius 3 is 3.00 bits per heavy atom. The molecule has 0 aliphatic carbocycles. The Balaban J connectivity index is 2.83. The summed E-state index contributed by atoms with van der Waals surface area (Å²) in [6.45, 7) is 0. The van der Waals surface area contributed by atoms with E-state index in [0.717, 1.165) is 12.4 Å². The highest BCUT2D eigenvalue weighted by molar-refractivity contribution is 5.78. The first-order valence-electron chi connectivity index (χ1n) is 3.77. The van der Waals surface area contributed by atoms with Crippen LogP contribution in [-0.4, -0.2) is 26.7 Å². The molecule has 15 heavy (non-hydrogen) atoms. The van der Waals surface area contributed by atoms with Gasteiger partial charge >= 0.3 is 11.8 Å². The summed E-state index contributed by atoms with van der Waals surface area (Å²) in [6, 6.07) is -0.824. The van der Waals surface area contributed by atoms with Gasteiger partial charge in [-0.2, -0.15) is 5.10 Å². The second-order valence-corrected chi connectivity index (χ2v) is 2.52. The van der Waals surface area contributed by atoms with Crippen molar-refractivity contribution in [3.05, 3.63) is 22.1 Å². The van der Waals surface area contributed by atoms with Gasteiger partial charge in [0, 0.05) is 0 Å². The average Bonchev–Trinajstić information content (AvgIpc) is 2.47. The lowest BCUT2D eigenvalue weighted by molar-refractivity contribution is -0.391. The molecule has 9 nitrogen and oxygen atoms in total. The Bertz CT molecular complexity index is 423. The lowest BCUT2D eigenvalue weighted by Crippen LogP contribution is -2.24. The van der Waals surface area contributed by atoms with Gasteiger partial charge in [-0.3, -0.25) is 0 Å². The van der Waals surface area contributed by atoms with Gasteiger partial charge < -0.3 is 15.8 Å². The number of carbonyl (C=O) groups is 1. The molecule has 2 amide bonds. The summed E-state index contributed by atoms with van der Waals surface area (Å²) in [5.74, 6) is 0.0611. The molecule has 0 aromatic carbocycles. The molecule has 1 rings (SSSR count). The van der Waals surface area contributed by atoms with Crippen LogP contribution in [0.4, 0.5) is 10.6 Å². The highest BCUT2D eigenvalue weighted by atomic mass is 16.6. The molecular formula is C6H8N6O3. The molecule has 0 unspecified atom stereocenters. The number of urea groups is 1. The Morgan fingerprint density at radius 2 is 2.53 bits per heavy atom. The maximum Gasteiger partial charge on any atom is 0.342 e. The number of imidazole rings is 1. The van der Waals surface area contributed by atoms with Gasteiger partial charge in [0.25, 0.3) is 0 Å². The van der Waals surface area contributed by atoms with E-state index >= 15 is 0 Å². The first-order chi connectivity index (χ1) is 7.02. The summed E-state index contributed by atoms with van der Waals surface area (Å²) in [5.41, 5.74) is 6.69. The standard InChI is InChI=1S/C6H8N6O3/c1-11-4(2-9-10-6(7)13)8-3-5(11)12(14)15/h2-3H,1H3,(H3,7,10,13). The summed E-state index contributed by atoms with van der Waals surface area (Å²) in [7, 11) is 1.46. The highest BCUT2D eigenvalue weighted by Crippen LogP contribution is 2.09. The van der Waals surface area contributed by atoms with Gasteiger partial charge in [0.05, 0.1) is 7.05 Å². The second-order valence-electron chi connectivity index (χ2n) is 2.52. The normalized spacial score (nSPS) is 10.5. The third kappa shape index (κ3) is 2.49. The van der Waals surface area contributed by atoms with Crippen LogP contribution in [0.25, 0.3) is 0 Å². The fraction of sp³-hybridized carbons (Fsp3) is 0.167. The van der Waals surface area contributed by atoms with E-state index in [1.54, 1.807) is 0 Å². The van der Waals surface area contributed by atoms with Crippen LogP contribution in [0.5, 0.6) is 0 Å². The van der Waals surface area contributed by atoms with Gasteiger partial charge in [0.1, 0.15) is 12.4 Å². The van der Waals surface area contributed by atoms with E-state index in [1.807, 2.05) is 5.43 Å². The number of primary amides is 1. The molecule has 80 valence electrons. The number of hydrazone groups is 1. The molecule has 0 saturated carbocycles. The zero-order valence-corrected chi connectivity index (χ0v) is 7.75. The molecule has 0 saturated heterocycles. The number of nitrogens with two attached hydrogens (primary N) is 1. The van der Waals surface area contributed by atoms with E-state index in [1.165, 1.54) is 11.6 Å². The topological polar surface area (TPSA) is 128 Å². The van der Waals surface area contributed by atoms with Crippen LogP contribution in [0.15, 0.2) is 11.3 Å². The minimum absolute atomic E-state index is 0.171. The zero-order valence-electron chi connectivity index (χ0n) is 7.75. The van der Waals surface area contributed by atoms with E-state index in [-0.39, 0.29) is 11.6 Å². The van der Waals surface area contributed by atoms with Crippen LogP contribution in [0.1, 0.15) is 5.82 Å². The molecule has 1 heterocycles. The fourth-order valence-electron chi connectivity index (χ4n) is 0.858. The van der Waals surface area contributed by atoms with Crippen molar-refractivity contribution in [1.82, 2.24) is 15.0 Å². The second kappa shape index (κ2) is 4.17. The van der Waals surface area contributed by atoms with Crippen LogP contribution in [0.2, 0.25) is 0 Å². The Hall–Kier alpha value is -2.45. The van der Waals surface area contributed by atoms with Crippen LogP contribution in [0.3, 0.4) is 0 Å². The summed E-state index contributed by atoms with van der Waals surface area (Å²) < 4.78 is 1.21. The lowest BCUT2D eigenvalue weighted by Gasteiger charge is -1.93. The van der Waals surface area contributed by atoms with Crippen LogP contribution < -0.4 is 11.2 Å². The van der Waals surface area contributed by atoms with Gasteiger partial charge in [-0.1, -0.05) is 0 Å². The molecule has 1 aromatic heterocycles. The van der Waals surface area contributed by atoms with Crippen molar-refractivity contribution in [3.63, 3.8) is 0 Å². The number of nitro groups is 1. The van der Waals surface area contributed by atoms with Gasteiger partial charge in [-0.25, -0.2) is 19.8 Å². The van der Waals surface area contributed by atoms with E-state index in [9.17, 15) is 14.9 Å². The molecular weight excluding hydrogens is 204 g/mol. The number of nitrogens with zero attached hydrogens (tertiary/aromatic N) is 4. The highest BCUT2D eigenvalue weighted by Gasteiger charge is 2.14. The molecule has 3 N–H and O–H groups in total. The molecule has 0 fully saturated rings. The predicted molar refractivity (Wildman–Crippen MR) is 50.2 cm³/mol. The fourth-order valence-corrected chi connectivity index (χ4v) is 0.858. The van der Waals surface area contributed by atoms with Crippen molar-refractivity contribution in [2.45, 2.75) is 0 Å². The molecule has 0 spiro atoms. The Labute approximate surface area is 83.7 Å². The Kier molecular flexibility index (Phi) is 2.96. The van der Waals surface area contributed by atoms with Crippen LogP contribution in [-0.2, 0) is 7.05 Å². The summed E-state index contributed by atoms with van der Waals surface area (Å²) >= 11 is 0. The Morgan fingerprint density at radius 1 is 1.87 bits per heavy atom. The summed E-state index contributed by atoms with van der Waals surface area (Å²) in [6.07, 6.45) is 2.24. The van der Waals surface area contributed by atoms with Crippen LogP contribution in [0, 0.1) is 10.1 Å². The maximum atomic E-state index is 10.4. The van der Waals surface area contributed by atoms with Crippen molar-refractivity contribution in [3.8, 4) is 0 Å². The maximum absolute atomic E-state index is 10.4. The number of amides is 2. The minimum Gasteiger partial charge on any atom is -0.358 e. The average molecular weight is 212 g/mol. The van der Waals surface area contributed by atoms with Crippen molar-refractivity contribution >= 4 is 18.1 Å². The molecule has 0 atom stereocenters. The largest absolute Gasteiger partial charge is 0.358 e. The SMILES string of the molecule is Cn1c([N+](=O)[O-])cnc1C=NNC(N)=O. The molecule has 9 heteroatoms. The monoisotopic (exact) mass is 212 g/mol. The van der Waals surface area contributed by atoms with E-state index in [2.05, 4.69) is 10.1 Å². The summed E-state index contributed by atoms with van der Waals surface area (Å²) in [4.78, 5) is 23.8. The third-order valence-electron chi connectivity index (χ3n) is 1.54. The van der Waals surface area contributed by atoms with Gasteiger partial charge in [-0.05, 0) is 4.92 Å². The molecule has 0 aliphatic rings. The first-order valence-corrected chi connectivity index (χ1v) is 3.77. The van der Waals surface area contributed by atoms with Crippen molar-refractivity contribution in [2.75, 3.05) is 0 Å². The van der Waals surface area contributed by atoms with Crippen LogP contribution >= 0.6 is 0 Å². The van der Waals surface area contributed by atoms with Crippen molar-refractivity contribution in [2.24, 2.45) is 17.9 Å². The zero-order chi connectivity index (χ0) is 11.4. The summed E-state index contributed by atoms with van der Waals surface area (Å²) in [5, 5.41) is 13.8. The number of hydrogen-bond acceptors (Lipinski definition) is 5. The minimum atomic E-state index is -0.824. The quantitative estimate of drug-likeness (QED) is 0.391. The molecule has 0 bridgehead atoms. The molecule has 0 radical (unpaired) electrons. The number of carbonyl (C=O) groups excluding carboxylic acids is 1. The molecule has 0 aliphatic heterocycles. The van der Waals surface area contributed by atoms with Gasteiger partial charge in [-0.15, -0.1) is 0 Å². The van der Waals surface area contributed by atoms with Gasteiger partial charge in [0.2, 0.25) is 5.82 Å². The number of aromatic nitrogens is 2. The van der Waals surface area contributed by atoms with E-state index in [4.69, 9.17) is 5.73 Å². The van der Waals surface area contributed by atoms with Gasteiger partial charge in [0.15, 0.2) is 0 Å². The van der Waals surface area contributed by atoms with E-state index in [0.29, 0.717) is 0 Å². The third-order valence-corrected chi connectivity index (χ3v) is 1.54.